The van der Waals surface area contributed by atoms with Crippen molar-refractivity contribution in [3.8, 4) is 0 Å². The molecule has 0 aromatic heterocycles. The van der Waals surface area contributed by atoms with Crippen LogP contribution < -0.4 is 28.3 Å². The molecule has 2 saturated heterocycles. The van der Waals surface area contributed by atoms with Gasteiger partial charge in [0.25, 0.3) is 11.8 Å². The van der Waals surface area contributed by atoms with E-state index in [9.17, 15) is 44.2 Å². The van der Waals surface area contributed by atoms with Gasteiger partial charge in [0.2, 0.25) is 0 Å². The maximum Gasteiger partial charge on any atom is 0.294 e. The van der Waals surface area contributed by atoms with Crippen LogP contribution in [-0.2, 0) is 23.7 Å². The molecular formula is C22H41F2N5O11. The molecule has 18 heteroatoms. The van der Waals surface area contributed by atoms with Gasteiger partial charge in [-0.1, -0.05) is 6.92 Å². The number of nitrogens with two attached hydrogens (primary N) is 4. The van der Waals surface area contributed by atoms with Gasteiger partial charge in [-0.05, 0) is 6.42 Å². The molecule has 0 bridgehead atoms. The zero-order chi connectivity index (χ0) is 30.1. The van der Waals surface area contributed by atoms with Gasteiger partial charge in [0, 0.05) is 18.5 Å². The molecule has 15 N–H and O–H groups in total. The van der Waals surface area contributed by atoms with Crippen molar-refractivity contribution < 1.29 is 63.2 Å². The summed E-state index contributed by atoms with van der Waals surface area (Å²) in [6, 6.07) is -3.20. The first kappa shape index (κ1) is 33.3. The first-order chi connectivity index (χ1) is 18.7. The van der Waals surface area contributed by atoms with Crippen molar-refractivity contribution in [1.29, 1.82) is 0 Å². The van der Waals surface area contributed by atoms with Crippen LogP contribution >= 0.6 is 0 Å². The Balaban J connectivity index is 1.71. The summed E-state index contributed by atoms with van der Waals surface area (Å²) in [7, 11) is 0. The molecular weight excluding hydrogens is 548 g/mol. The number of amides is 1. The maximum absolute atomic E-state index is 13.7. The van der Waals surface area contributed by atoms with Crippen LogP contribution in [0.5, 0.6) is 0 Å². The average Bonchev–Trinajstić information content (AvgIpc) is 3.22. The van der Waals surface area contributed by atoms with E-state index < -0.39 is 117 Å². The van der Waals surface area contributed by atoms with Crippen LogP contribution in [0.25, 0.3) is 0 Å². The predicted octanol–water partition coefficient (Wildman–Crippen LogP) is -6.26. The van der Waals surface area contributed by atoms with Gasteiger partial charge in [-0.3, -0.25) is 4.79 Å². The highest BCUT2D eigenvalue weighted by Gasteiger charge is 2.53. The number of carbonyl (C=O) groups excluding carboxylic acids is 1. The third-order valence-corrected chi connectivity index (χ3v) is 7.75. The number of nitrogens with one attached hydrogen (secondary N) is 1. The molecule has 0 radical (unpaired) electrons. The molecule has 3 aliphatic rings. The molecule has 15 atom stereocenters. The lowest BCUT2D eigenvalue weighted by atomic mass is 9.78. The summed E-state index contributed by atoms with van der Waals surface area (Å²) < 4.78 is 50.0. The highest BCUT2D eigenvalue weighted by Crippen LogP contribution is 2.34. The Hall–Kier alpha value is -1.23. The second-order valence-corrected chi connectivity index (χ2v) is 10.5. The average molecular weight is 590 g/mol. The fourth-order valence-corrected chi connectivity index (χ4v) is 5.06. The number of carbonyl (C=O) groups is 1. The predicted molar refractivity (Wildman–Crippen MR) is 129 cm³/mol. The minimum atomic E-state index is -3.91. The van der Waals surface area contributed by atoms with Gasteiger partial charge in [0.15, 0.2) is 18.7 Å². The number of ether oxygens (including phenoxy) is 4. The Morgan fingerprint density at radius 1 is 1.00 bits per heavy atom. The summed E-state index contributed by atoms with van der Waals surface area (Å²) in [4.78, 5) is 12.2. The van der Waals surface area contributed by atoms with Crippen molar-refractivity contribution in [3.63, 3.8) is 0 Å². The highest BCUT2D eigenvalue weighted by atomic mass is 19.3. The van der Waals surface area contributed by atoms with Gasteiger partial charge < -0.3 is 77.8 Å². The van der Waals surface area contributed by atoms with E-state index in [0.717, 1.165) is 0 Å². The van der Waals surface area contributed by atoms with Crippen LogP contribution in [0, 0.1) is 5.92 Å². The van der Waals surface area contributed by atoms with Crippen molar-refractivity contribution in [2.75, 3.05) is 19.7 Å². The van der Waals surface area contributed by atoms with Gasteiger partial charge in [-0.25, -0.2) is 8.78 Å². The molecule has 0 aromatic carbocycles. The summed E-state index contributed by atoms with van der Waals surface area (Å²) in [5.74, 6) is -5.98. The molecule has 2 aliphatic heterocycles. The molecule has 0 unspecified atom stereocenters. The number of halogens is 2. The van der Waals surface area contributed by atoms with E-state index in [1.807, 2.05) is 0 Å². The minimum absolute atomic E-state index is 0.0542. The van der Waals surface area contributed by atoms with Crippen molar-refractivity contribution in [1.82, 2.24) is 5.32 Å². The number of hydrogen-bond acceptors (Lipinski definition) is 15. The normalized spacial score (nSPS) is 45.3. The SMILES string of the molecule is C[C@H]1[C@H](O[C@@H]2O[C@H](CO)[C@@H](O[C@H]3O[C@@H](CN)[C@@H](O)[C@H](O)[C@H]3N)[C@H]2O)[C@@H](O)[C@H](NC(=O)[C@@H](O)C(F)(F)CN)C[C@@H]1N. The topological polar surface area (TPSA) is 291 Å². The van der Waals surface area contributed by atoms with Crippen LogP contribution in [0.3, 0.4) is 0 Å². The molecule has 3 fully saturated rings. The Morgan fingerprint density at radius 2 is 1.60 bits per heavy atom. The van der Waals surface area contributed by atoms with Crippen LogP contribution in [0.2, 0.25) is 0 Å². The van der Waals surface area contributed by atoms with Gasteiger partial charge in [-0.15, -0.1) is 0 Å². The van der Waals surface area contributed by atoms with Crippen molar-refractivity contribution in [2.45, 2.75) is 105 Å². The fourth-order valence-electron chi connectivity index (χ4n) is 5.06. The van der Waals surface area contributed by atoms with Crippen LogP contribution in [0.15, 0.2) is 0 Å². The summed E-state index contributed by atoms with van der Waals surface area (Å²) in [6.45, 7) is -0.517. The van der Waals surface area contributed by atoms with E-state index in [-0.39, 0.29) is 13.0 Å². The summed E-state index contributed by atoms with van der Waals surface area (Å²) in [5, 5.41) is 63.8. The molecule has 16 nitrogen and oxygen atoms in total. The summed E-state index contributed by atoms with van der Waals surface area (Å²) in [5.41, 5.74) is 22.5. The van der Waals surface area contributed by atoms with Gasteiger partial charge in [0.05, 0.1) is 31.3 Å². The van der Waals surface area contributed by atoms with Crippen LogP contribution in [0.4, 0.5) is 8.78 Å². The number of aliphatic hydroxyl groups excluding tert-OH is 6. The lowest BCUT2D eigenvalue weighted by Crippen LogP contribution is -2.64. The van der Waals surface area contributed by atoms with E-state index in [2.05, 4.69) is 5.32 Å². The summed E-state index contributed by atoms with van der Waals surface area (Å²) in [6.07, 6.45) is -16.5. The van der Waals surface area contributed by atoms with E-state index in [4.69, 9.17) is 41.9 Å². The van der Waals surface area contributed by atoms with Crippen molar-refractivity contribution in [3.05, 3.63) is 0 Å². The third-order valence-electron chi connectivity index (χ3n) is 7.75. The second-order valence-electron chi connectivity index (χ2n) is 10.5. The molecule has 2 heterocycles. The first-order valence-corrected chi connectivity index (χ1v) is 12.9. The van der Waals surface area contributed by atoms with Crippen molar-refractivity contribution in [2.24, 2.45) is 28.9 Å². The van der Waals surface area contributed by atoms with Gasteiger partial charge in [-0.2, -0.15) is 0 Å². The van der Waals surface area contributed by atoms with Crippen molar-refractivity contribution >= 4 is 5.91 Å². The van der Waals surface area contributed by atoms with E-state index in [0.29, 0.717) is 0 Å². The van der Waals surface area contributed by atoms with Crippen LogP contribution in [-0.4, -0.2) is 148 Å². The smallest absolute Gasteiger partial charge is 0.294 e. The number of aliphatic hydroxyl groups is 6. The standard InChI is InChI=1S/C22H41F2N5O11/c1-6-7(27)2-8(29-19(36)18(35)22(23,24)5-26)12(31)16(6)39-21-15(34)17(10(4-30)38-21)40-20-11(28)14(33)13(32)9(3-25)37-20/h6-18,20-21,30-35H,2-5,25-28H2,1H3,(H,29,36)/t6-,7+,8-,9+,10-,11-,12+,13-,14-,15-,16+,17-,18-,20-,21+/m1/s1. The monoisotopic (exact) mass is 589 g/mol. The Kier molecular flexibility index (Phi) is 11.1. The van der Waals surface area contributed by atoms with Gasteiger partial charge >= 0.3 is 0 Å². The number of alkyl halides is 2. The highest BCUT2D eigenvalue weighted by molar-refractivity contribution is 5.82. The lowest BCUT2D eigenvalue weighted by molar-refractivity contribution is -0.280. The largest absolute Gasteiger partial charge is 0.394 e. The zero-order valence-corrected chi connectivity index (χ0v) is 21.8. The third kappa shape index (κ3) is 6.70. The molecule has 1 aliphatic carbocycles. The minimum Gasteiger partial charge on any atom is -0.394 e. The summed E-state index contributed by atoms with van der Waals surface area (Å²) >= 11 is 0. The fraction of sp³-hybridized carbons (Fsp3) is 0.955. The van der Waals surface area contributed by atoms with Crippen LogP contribution in [0.1, 0.15) is 13.3 Å². The first-order valence-electron chi connectivity index (χ1n) is 12.9. The molecule has 234 valence electrons. The van der Waals surface area contributed by atoms with E-state index in [1.165, 1.54) is 0 Å². The Labute approximate surface area is 228 Å². The Bertz CT molecular complexity index is 851. The number of hydrogen-bond donors (Lipinski definition) is 11. The Morgan fingerprint density at radius 3 is 2.17 bits per heavy atom. The molecule has 0 spiro atoms. The second kappa shape index (κ2) is 13.4. The quantitative estimate of drug-likeness (QED) is 0.113. The number of rotatable bonds is 10. The van der Waals surface area contributed by atoms with E-state index >= 15 is 0 Å². The van der Waals surface area contributed by atoms with Gasteiger partial charge in [0.1, 0.15) is 42.7 Å². The van der Waals surface area contributed by atoms with E-state index in [1.54, 1.807) is 6.92 Å². The molecule has 1 saturated carbocycles. The molecule has 40 heavy (non-hydrogen) atoms. The maximum atomic E-state index is 13.7. The lowest BCUT2D eigenvalue weighted by Gasteiger charge is -2.44. The molecule has 3 rings (SSSR count). The molecule has 0 aromatic rings. The zero-order valence-electron chi connectivity index (χ0n) is 21.8. The molecule has 1 amide bonds.